The maximum absolute atomic E-state index is 16.3. The minimum Gasteiger partial charge on any atom is -0.496 e. The van der Waals surface area contributed by atoms with Gasteiger partial charge < -0.3 is 15.0 Å². The van der Waals surface area contributed by atoms with Gasteiger partial charge in [0, 0.05) is 55.3 Å². The Labute approximate surface area is 323 Å². The fraction of sp³-hybridized carbons (Fsp3) is 0.462. The van der Waals surface area contributed by atoms with Gasteiger partial charge in [0.1, 0.15) is 23.7 Å². The fourth-order valence-electron chi connectivity index (χ4n) is 8.78. The molecule has 3 fully saturated rings. The van der Waals surface area contributed by atoms with Crippen molar-refractivity contribution in [3.05, 3.63) is 76.4 Å². The molecule has 0 bridgehead atoms. The minimum absolute atomic E-state index is 0.120. The number of hydrogen-bond acceptors (Lipinski definition) is 9. The highest BCUT2D eigenvalue weighted by Crippen LogP contribution is 2.42. The number of rotatable bonds is 8. The lowest BCUT2D eigenvalue weighted by Crippen LogP contribution is -2.44. The van der Waals surface area contributed by atoms with Gasteiger partial charge in [-0.25, -0.2) is 14.2 Å². The molecule has 3 aliphatic rings. The summed E-state index contributed by atoms with van der Waals surface area (Å²) in [7, 11) is 3.13. The maximum atomic E-state index is 16.3. The number of amides is 3. The number of carbonyl (C=O) groups is 3. The SMILES string of the molecule is COc1ccc2c(c1[C@@H]1CCN(CC3CCC(n4cc5cc(NC(=O)c6cncc(C(F)(F)F)n6)ccc5n4)CC3)C[C@H]1F)n(C)c(=O)n2C1CCC(=O)NC1=O. The number of aromatic nitrogens is 6. The molecule has 3 amide bonds. The van der Waals surface area contributed by atoms with E-state index < -0.39 is 53.2 Å². The molecule has 1 saturated carbocycles. The van der Waals surface area contributed by atoms with E-state index in [1.54, 1.807) is 37.4 Å². The second-order valence-corrected chi connectivity index (χ2v) is 15.2. The second kappa shape index (κ2) is 15.0. The molecule has 3 atom stereocenters. The van der Waals surface area contributed by atoms with Gasteiger partial charge in [0.2, 0.25) is 11.8 Å². The van der Waals surface area contributed by atoms with E-state index in [1.165, 1.54) is 16.2 Å². The van der Waals surface area contributed by atoms with Crippen LogP contribution in [0.15, 0.2) is 53.7 Å². The Morgan fingerprint density at radius 1 is 1.04 bits per heavy atom. The van der Waals surface area contributed by atoms with Crippen molar-refractivity contribution >= 4 is 45.3 Å². The average Bonchev–Trinajstić information content (AvgIpc) is 3.72. The normalized spacial score (nSPS) is 23.5. The summed E-state index contributed by atoms with van der Waals surface area (Å²) >= 11 is 0. The maximum Gasteiger partial charge on any atom is 0.434 e. The Morgan fingerprint density at radius 3 is 2.54 bits per heavy atom. The summed E-state index contributed by atoms with van der Waals surface area (Å²) in [4.78, 5) is 59.9. The molecule has 57 heavy (non-hydrogen) atoms. The summed E-state index contributed by atoms with van der Waals surface area (Å²) in [5.41, 5.74) is 0.623. The summed E-state index contributed by atoms with van der Waals surface area (Å²) in [5, 5.41) is 10.4. The molecular formula is C39H41F4N9O5. The Hall–Kier alpha value is -5.65. The number of likely N-dealkylation sites (tertiary alicyclic amines) is 1. The molecule has 2 saturated heterocycles. The van der Waals surface area contributed by atoms with Crippen LogP contribution in [0.1, 0.15) is 84.7 Å². The summed E-state index contributed by atoms with van der Waals surface area (Å²) in [5.74, 6) is -1.40. The van der Waals surface area contributed by atoms with Crippen LogP contribution >= 0.6 is 0 Å². The van der Waals surface area contributed by atoms with E-state index in [2.05, 4.69) is 25.5 Å². The van der Waals surface area contributed by atoms with Crippen molar-refractivity contribution in [3.8, 4) is 5.75 Å². The Kier molecular flexibility index (Phi) is 10.1. The molecule has 14 nitrogen and oxygen atoms in total. The summed E-state index contributed by atoms with van der Waals surface area (Å²) in [6.07, 6.45) is 1.95. The number of imidazole rings is 1. The van der Waals surface area contributed by atoms with Gasteiger partial charge in [-0.3, -0.25) is 38.5 Å². The first kappa shape index (κ1) is 38.2. The molecule has 1 aliphatic carbocycles. The zero-order valence-corrected chi connectivity index (χ0v) is 31.3. The number of methoxy groups -OCH3 is 1. The lowest BCUT2D eigenvalue weighted by atomic mass is 9.83. The van der Waals surface area contributed by atoms with Crippen molar-refractivity contribution in [2.75, 3.05) is 32.1 Å². The number of halogens is 4. The topological polar surface area (TPSA) is 158 Å². The Bertz CT molecular complexity index is 2430. The van der Waals surface area contributed by atoms with Crippen molar-refractivity contribution in [1.29, 1.82) is 0 Å². The second-order valence-electron chi connectivity index (χ2n) is 15.2. The van der Waals surface area contributed by atoms with E-state index in [0.717, 1.165) is 43.8 Å². The molecule has 18 heteroatoms. The molecule has 0 spiro atoms. The predicted molar refractivity (Wildman–Crippen MR) is 200 cm³/mol. The predicted octanol–water partition coefficient (Wildman–Crippen LogP) is 5.30. The number of benzene rings is 2. The first-order chi connectivity index (χ1) is 27.3. The van der Waals surface area contributed by atoms with E-state index in [0.29, 0.717) is 58.6 Å². The Morgan fingerprint density at radius 2 is 1.82 bits per heavy atom. The van der Waals surface area contributed by atoms with E-state index in [9.17, 15) is 32.3 Å². The van der Waals surface area contributed by atoms with Gasteiger partial charge >= 0.3 is 11.9 Å². The molecular weight excluding hydrogens is 750 g/mol. The fourth-order valence-corrected chi connectivity index (χ4v) is 8.78. The Balaban J connectivity index is 0.894. The van der Waals surface area contributed by atoms with Crippen LogP contribution in [0.3, 0.4) is 0 Å². The van der Waals surface area contributed by atoms with Gasteiger partial charge in [-0.15, -0.1) is 0 Å². The van der Waals surface area contributed by atoms with Crippen LogP contribution < -0.4 is 21.1 Å². The molecule has 2 N–H and O–H groups in total. The van der Waals surface area contributed by atoms with E-state index >= 15 is 4.39 Å². The zero-order valence-electron chi connectivity index (χ0n) is 31.3. The number of piperidine rings is 2. The van der Waals surface area contributed by atoms with E-state index in [-0.39, 0.29) is 31.3 Å². The van der Waals surface area contributed by atoms with Crippen LogP contribution in [0.4, 0.5) is 23.2 Å². The molecule has 1 unspecified atom stereocenters. The number of nitrogens with one attached hydrogen (secondary N) is 2. The van der Waals surface area contributed by atoms with E-state index in [4.69, 9.17) is 9.84 Å². The summed E-state index contributed by atoms with van der Waals surface area (Å²) in [6, 6.07) is 7.82. The molecule has 300 valence electrons. The number of hydrogen-bond donors (Lipinski definition) is 2. The third-order valence-electron chi connectivity index (χ3n) is 11.6. The number of ether oxygens (including phenoxy) is 1. The number of aryl methyl sites for hydroxylation is 1. The van der Waals surface area contributed by atoms with Crippen LogP contribution in [-0.4, -0.2) is 84.4 Å². The van der Waals surface area contributed by atoms with Gasteiger partial charge in [-0.05, 0) is 81.3 Å². The number of anilines is 1. The van der Waals surface area contributed by atoms with Crippen LogP contribution in [0, 0.1) is 5.92 Å². The third kappa shape index (κ3) is 7.37. The number of carbonyl (C=O) groups excluding carboxylic acids is 3. The monoisotopic (exact) mass is 791 g/mol. The highest BCUT2D eigenvalue weighted by atomic mass is 19.4. The summed E-state index contributed by atoms with van der Waals surface area (Å²) < 4.78 is 66.0. The molecule has 2 aromatic carbocycles. The molecule has 2 aliphatic heterocycles. The van der Waals surface area contributed by atoms with Crippen molar-refractivity contribution in [3.63, 3.8) is 0 Å². The van der Waals surface area contributed by atoms with Gasteiger partial charge in [0.05, 0.1) is 42.1 Å². The van der Waals surface area contributed by atoms with Crippen LogP contribution in [0.5, 0.6) is 5.75 Å². The molecule has 0 radical (unpaired) electrons. The first-order valence-electron chi connectivity index (χ1n) is 19.0. The zero-order chi connectivity index (χ0) is 40.2. The van der Waals surface area contributed by atoms with E-state index in [1.807, 2.05) is 10.9 Å². The molecule has 5 heterocycles. The van der Waals surface area contributed by atoms with Crippen molar-refractivity contribution < 1.29 is 36.7 Å². The quantitative estimate of drug-likeness (QED) is 0.157. The first-order valence-corrected chi connectivity index (χ1v) is 19.0. The standard InChI is InChI=1S/C39H41F4N9O5/c1-49-35-29(52(38(49)56)30-10-12-33(53)47-37(30)55)9-11-31(57-2)34(35)25-13-14-50(20-26(25)40)18-21-3-6-24(7-4-21)51-19-22-15-23(5-8-27(22)48-51)45-36(54)28-16-44-17-32(46-28)39(41,42)43/h5,8-9,11,15-17,19,21,24-26,30H,3-4,6-7,10,12-14,18,20H2,1-2H3,(H,45,54)(H,47,53,55)/t21?,24?,25-,26-,30?/m1/s1. The van der Waals surface area contributed by atoms with Gasteiger partial charge in [0.15, 0.2) is 5.69 Å². The summed E-state index contributed by atoms with van der Waals surface area (Å²) in [6.45, 7) is 1.65. The lowest BCUT2D eigenvalue weighted by Gasteiger charge is -2.38. The molecule has 8 rings (SSSR count). The molecule has 3 aromatic heterocycles. The molecule has 5 aromatic rings. The average molecular weight is 792 g/mol. The lowest BCUT2D eigenvalue weighted by molar-refractivity contribution is -0.141. The van der Waals surface area contributed by atoms with Gasteiger partial charge in [-0.2, -0.15) is 18.3 Å². The highest BCUT2D eigenvalue weighted by molar-refractivity contribution is 6.03. The van der Waals surface area contributed by atoms with Crippen LogP contribution in [0.25, 0.3) is 21.9 Å². The van der Waals surface area contributed by atoms with Gasteiger partial charge in [0.25, 0.3) is 5.91 Å². The number of nitrogens with zero attached hydrogens (tertiary/aromatic N) is 7. The largest absolute Gasteiger partial charge is 0.496 e. The smallest absolute Gasteiger partial charge is 0.434 e. The number of fused-ring (bicyclic) bond motifs is 2. The van der Waals surface area contributed by atoms with Crippen LogP contribution in [-0.2, 0) is 22.8 Å². The third-order valence-corrected chi connectivity index (χ3v) is 11.6. The van der Waals surface area contributed by atoms with Crippen molar-refractivity contribution in [1.82, 2.24) is 39.1 Å². The highest BCUT2D eigenvalue weighted by Gasteiger charge is 2.38. The number of imide groups is 1. The van der Waals surface area contributed by atoms with Crippen molar-refractivity contribution in [2.24, 2.45) is 13.0 Å². The minimum atomic E-state index is -4.72. The van der Waals surface area contributed by atoms with Gasteiger partial charge in [-0.1, -0.05) is 0 Å². The van der Waals surface area contributed by atoms with Crippen LogP contribution in [0.2, 0.25) is 0 Å². The number of alkyl halides is 4. The van der Waals surface area contributed by atoms with Crippen molar-refractivity contribution in [2.45, 2.75) is 75.3 Å².